The Kier molecular flexibility index (Phi) is 4.57. The van der Waals surface area contributed by atoms with Crippen molar-refractivity contribution in [1.29, 1.82) is 0 Å². The second kappa shape index (κ2) is 6.97. The Labute approximate surface area is 135 Å². The lowest BCUT2D eigenvalue weighted by molar-refractivity contribution is -0.127. The second-order valence-corrected chi connectivity index (χ2v) is 5.44. The zero-order valence-corrected chi connectivity index (χ0v) is 13.0. The van der Waals surface area contributed by atoms with Crippen LogP contribution in [0.15, 0.2) is 72.8 Å². The van der Waals surface area contributed by atoms with E-state index in [9.17, 15) is 4.79 Å². The summed E-state index contributed by atoms with van der Waals surface area (Å²) < 4.78 is 5.87. The first-order valence-corrected chi connectivity index (χ1v) is 7.70. The summed E-state index contributed by atoms with van der Waals surface area (Å²) in [6, 6.07) is 23.7. The predicted molar refractivity (Wildman–Crippen MR) is 92.3 cm³/mol. The van der Waals surface area contributed by atoms with Gasteiger partial charge in [-0.05, 0) is 23.9 Å². The van der Waals surface area contributed by atoms with Crippen molar-refractivity contribution in [3.05, 3.63) is 78.4 Å². The third-order valence-electron chi connectivity index (χ3n) is 3.73. The maximum absolute atomic E-state index is 12.2. The van der Waals surface area contributed by atoms with E-state index in [-0.39, 0.29) is 5.91 Å². The average molecular weight is 305 g/mol. The lowest BCUT2D eigenvalue weighted by Crippen LogP contribution is -2.35. The Morgan fingerprint density at radius 2 is 1.65 bits per heavy atom. The fraction of sp³-hybridized carbons (Fsp3) is 0.150. The largest absolute Gasteiger partial charge is 0.480 e. The number of hydrogen-bond donors (Lipinski definition) is 1. The highest BCUT2D eigenvalue weighted by atomic mass is 16.5. The van der Waals surface area contributed by atoms with Gasteiger partial charge in [0.2, 0.25) is 0 Å². The van der Waals surface area contributed by atoms with Gasteiger partial charge < -0.3 is 10.1 Å². The van der Waals surface area contributed by atoms with Crippen LogP contribution >= 0.6 is 0 Å². The number of carbonyl (C=O) groups is 1. The van der Waals surface area contributed by atoms with E-state index in [1.807, 2.05) is 72.8 Å². The topological polar surface area (TPSA) is 38.3 Å². The summed E-state index contributed by atoms with van der Waals surface area (Å²) in [5.41, 5.74) is 1.07. The first-order chi connectivity index (χ1) is 11.2. The highest BCUT2D eigenvalue weighted by molar-refractivity contribution is 5.89. The molecule has 1 amide bonds. The van der Waals surface area contributed by atoms with Crippen LogP contribution in [0, 0.1) is 0 Å². The molecule has 23 heavy (non-hydrogen) atoms. The van der Waals surface area contributed by atoms with E-state index in [0.29, 0.717) is 6.54 Å². The van der Waals surface area contributed by atoms with Crippen molar-refractivity contribution in [2.75, 3.05) is 0 Å². The number of amides is 1. The Balaban J connectivity index is 1.66. The molecule has 0 aliphatic rings. The van der Waals surface area contributed by atoms with Crippen molar-refractivity contribution in [2.24, 2.45) is 0 Å². The second-order valence-electron chi connectivity index (χ2n) is 5.44. The van der Waals surface area contributed by atoms with Crippen molar-refractivity contribution >= 4 is 16.7 Å². The van der Waals surface area contributed by atoms with Crippen LogP contribution in [0.25, 0.3) is 10.8 Å². The molecule has 116 valence electrons. The number of hydrogen-bond acceptors (Lipinski definition) is 2. The van der Waals surface area contributed by atoms with Crippen LogP contribution in [-0.4, -0.2) is 12.0 Å². The highest BCUT2D eigenvalue weighted by Gasteiger charge is 2.15. The summed E-state index contributed by atoms with van der Waals surface area (Å²) >= 11 is 0. The average Bonchev–Trinajstić information content (AvgIpc) is 2.61. The van der Waals surface area contributed by atoms with E-state index in [2.05, 4.69) is 5.32 Å². The van der Waals surface area contributed by atoms with Gasteiger partial charge in [0, 0.05) is 11.9 Å². The molecule has 0 saturated carbocycles. The van der Waals surface area contributed by atoms with Crippen LogP contribution in [0.5, 0.6) is 5.75 Å². The Bertz CT molecular complexity index is 794. The molecule has 1 N–H and O–H groups in total. The van der Waals surface area contributed by atoms with E-state index < -0.39 is 6.10 Å². The van der Waals surface area contributed by atoms with Gasteiger partial charge >= 0.3 is 0 Å². The van der Waals surface area contributed by atoms with Crippen molar-refractivity contribution in [2.45, 2.75) is 19.6 Å². The Hall–Kier alpha value is -2.81. The zero-order valence-electron chi connectivity index (χ0n) is 13.0. The van der Waals surface area contributed by atoms with Gasteiger partial charge in [-0.15, -0.1) is 0 Å². The van der Waals surface area contributed by atoms with E-state index in [1.54, 1.807) is 6.92 Å². The van der Waals surface area contributed by atoms with Crippen LogP contribution < -0.4 is 10.1 Å². The third kappa shape index (κ3) is 3.69. The number of fused-ring (bicyclic) bond motifs is 1. The normalized spacial score (nSPS) is 11.9. The molecule has 0 aliphatic heterocycles. The molecule has 3 rings (SSSR count). The maximum Gasteiger partial charge on any atom is 0.261 e. The highest BCUT2D eigenvalue weighted by Crippen LogP contribution is 2.26. The van der Waals surface area contributed by atoms with E-state index >= 15 is 0 Å². The van der Waals surface area contributed by atoms with Crippen LogP contribution in [-0.2, 0) is 11.3 Å². The van der Waals surface area contributed by atoms with Crippen molar-refractivity contribution in [3.8, 4) is 5.75 Å². The van der Waals surface area contributed by atoms with Gasteiger partial charge in [-0.25, -0.2) is 0 Å². The number of ether oxygens (including phenoxy) is 1. The van der Waals surface area contributed by atoms with Crippen molar-refractivity contribution in [1.82, 2.24) is 5.32 Å². The molecule has 0 aliphatic carbocycles. The van der Waals surface area contributed by atoms with E-state index in [4.69, 9.17) is 4.74 Å². The lowest BCUT2D eigenvalue weighted by Gasteiger charge is -2.16. The van der Waals surface area contributed by atoms with Crippen molar-refractivity contribution < 1.29 is 9.53 Å². The summed E-state index contributed by atoms with van der Waals surface area (Å²) in [6.45, 7) is 2.27. The first kappa shape index (κ1) is 15.1. The van der Waals surface area contributed by atoms with Crippen LogP contribution in [0.4, 0.5) is 0 Å². The molecule has 3 aromatic carbocycles. The molecule has 0 heterocycles. The molecule has 0 fully saturated rings. The summed E-state index contributed by atoms with van der Waals surface area (Å²) in [5.74, 6) is 0.604. The number of rotatable bonds is 5. The molecule has 0 unspecified atom stereocenters. The fourth-order valence-electron chi connectivity index (χ4n) is 2.47. The van der Waals surface area contributed by atoms with Gasteiger partial charge in [-0.3, -0.25) is 4.79 Å². The minimum Gasteiger partial charge on any atom is -0.480 e. The molecule has 0 aromatic heterocycles. The zero-order chi connectivity index (χ0) is 16.1. The molecule has 0 bridgehead atoms. The fourth-order valence-corrected chi connectivity index (χ4v) is 2.47. The molecule has 0 saturated heterocycles. The molecule has 3 nitrogen and oxygen atoms in total. The van der Waals surface area contributed by atoms with Crippen molar-refractivity contribution in [3.63, 3.8) is 0 Å². The minimum atomic E-state index is -0.551. The molecule has 0 radical (unpaired) electrons. The quantitative estimate of drug-likeness (QED) is 0.776. The van der Waals surface area contributed by atoms with Gasteiger partial charge in [0.05, 0.1) is 0 Å². The standard InChI is InChI=1S/C20H19NO2/c1-15(20(22)21-14-16-8-3-2-4-9-16)23-19-13-7-11-17-10-5-6-12-18(17)19/h2-13,15H,14H2,1H3,(H,21,22)/t15-/m1/s1. The summed E-state index contributed by atoms with van der Waals surface area (Å²) in [4.78, 5) is 12.2. The van der Waals surface area contributed by atoms with E-state index in [0.717, 1.165) is 22.1 Å². The Morgan fingerprint density at radius 1 is 0.957 bits per heavy atom. The van der Waals surface area contributed by atoms with Gasteiger partial charge in [0.15, 0.2) is 6.10 Å². The monoisotopic (exact) mass is 305 g/mol. The minimum absolute atomic E-state index is 0.123. The van der Waals surface area contributed by atoms with Crippen LogP contribution in [0.1, 0.15) is 12.5 Å². The predicted octanol–water partition coefficient (Wildman–Crippen LogP) is 3.92. The lowest BCUT2D eigenvalue weighted by atomic mass is 10.1. The molecule has 0 spiro atoms. The molecule has 1 atom stereocenters. The molecule has 3 aromatic rings. The van der Waals surface area contributed by atoms with E-state index in [1.165, 1.54) is 0 Å². The third-order valence-corrected chi connectivity index (χ3v) is 3.73. The number of carbonyl (C=O) groups excluding carboxylic acids is 1. The van der Waals surface area contributed by atoms with Crippen LogP contribution in [0.3, 0.4) is 0 Å². The number of nitrogens with one attached hydrogen (secondary N) is 1. The SMILES string of the molecule is C[C@@H](Oc1cccc2ccccc12)C(=O)NCc1ccccc1. The molecular formula is C20H19NO2. The summed E-state index contributed by atoms with van der Waals surface area (Å²) in [5, 5.41) is 5.01. The Morgan fingerprint density at radius 3 is 2.48 bits per heavy atom. The van der Waals surface area contributed by atoms with Gasteiger partial charge in [0.25, 0.3) is 5.91 Å². The van der Waals surface area contributed by atoms with Gasteiger partial charge in [0.1, 0.15) is 5.75 Å². The summed E-state index contributed by atoms with van der Waals surface area (Å²) in [7, 11) is 0. The first-order valence-electron chi connectivity index (χ1n) is 7.70. The van der Waals surface area contributed by atoms with Crippen LogP contribution in [0.2, 0.25) is 0 Å². The van der Waals surface area contributed by atoms with Gasteiger partial charge in [-0.1, -0.05) is 66.7 Å². The number of benzene rings is 3. The molecular weight excluding hydrogens is 286 g/mol. The summed E-state index contributed by atoms with van der Waals surface area (Å²) in [6.07, 6.45) is -0.551. The molecule has 3 heteroatoms. The maximum atomic E-state index is 12.2. The smallest absolute Gasteiger partial charge is 0.261 e. The van der Waals surface area contributed by atoms with Gasteiger partial charge in [-0.2, -0.15) is 0 Å².